The minimum Gasteiger partial charge on any atom is -0.326 e. The van der Waals surface area contributed by atoms with E-state index < -0.39 is 0 Å². The van der Waals surface area contributed by atoms with Crippen LogP contribution in [0.3, 0.4) is 0 Å². The van der Waals surface area contributed by atoms with Gasteiger partial charge in [0.1, 0.15) is 0 Å². The van der Waals surface area contributed by atoms with E-state index in [9.17, 15) is 0 Å². The van der Waals surface area contributed by atoms with Gasteiger partial charge in [-0.05, 0) is 44.6 Å². The van der Waals surface area contributed by atoms with Gasteiger partial charge in [-0.25, -0.2) is 0 Å². The number of likely N-dealkylation sites (N-methyl/N-ethyl adjacent to an activating group) is 1. The first-order chi connectivity index (χ1) is 7.49. The molecule has 2 atom stereocenters. The molecule has 16 heavy (non-hydrogen) atoms. The van der Waals surface area contributed by atoms with E-state index in [1.807, 2.05) is 0 Å². The zero-order valence-electron chi connectivity index (χ0n) is 11.2. The number of rotatable bonds is 2. The number of nitrogens with zero attached hydrogens (tertiary/aromatic N) is 1. The zero-order chi connectivity index (χ0) is 11.8. The lowest BCUT2D eigenvalue weighted by molar-refractivity contribution is 0.0685. The molecule has 2 saturated carbocycles. The third-order valence-electron chi connectivity index (χ3n) is 4.83. The highest BCUT2D eigenvalue weighted by Gasteiger charge is 2.37. The largest absolute Gasteiger partial charge is 0.326 e. The third kappa shape index (κ3) is 2.60. The van der Waals surface area contributed by atoms with Crippen molar-refractivity contribution in [1.29, 1.82) is 0 Å². The van der Waals surface area contributed by atoms with E-state index in [0.29, 0.717) is 17.5 Å². The molecule has 0 aliphatic heterocycles. The molecule has 0 bridgehead atoms. The first kappa shape index (κ1) is 12.4. The lowest BCUT2D eigenvalue weighted by Crippen LogP contribution is -2.54. The Kier molecular flexibility index (Phi) is 3.60. The lowest BCUT2D eigenvalue weighted by Gasteiger charge is -2.45. The molecule has 0 saturated heterocycles. The molecule has 0 amide bonds. The molecule has 0 aromatic carbocycles. The van der Waals surface area contributed by atoms with Crippen LogP contribution in [0.1, 0.15) is 58.8 Å². The van der Waals surface area contributed by atoms with Gasteiger partial charge in [0.2, 0.25) is 0 Å². The molecule has 0 aromatic rings. The van der Waals surface area contributed by atoms with Crippen LogP contribution in [0.4, 0.5) is 0 Å². The van der Waals surface area contributed by atoms with Crippen molar-refractivity contribution >= 4 is 0 Å². The van der Waals surface area contributed by atoms with Crippen LogP contribution in [-0.4, -0.2) is 30.1 Å². The first-order valence-corrected chi connectivity index (χ1v) is 6.97. The highest BCUT2D eigenvalue weighted by atomic mass is 15.2. The van der Waals surface area contributed by atoms with Gasteiger partial charge in [-0.2, -0.15) is 0 Å². The quantitative estimate of drug-likeness (QED) is 0.781. The Morgan fingerprint density at radius 1 is 1.12 bits per heavy atom. The molecule has 2 unspecified atom stereocenters. The summed E-state index contributed by atoms with van der Waals surface area (Å²) in [5.41, 5.74) is 6.82. The van der Waals surface area contributed by atoms with Gasteiger partial charge >= 0.3 is 0 Å². The molecule has 2 aliphatic rings. The van der Waals surface area contributed by atoms with E-state index in [-0.39, 0.29) is 0 Å². The summed E-state index contributed by atoms with van der Waals surface area (Å²) in [7, 11) is 2.31. The smallest absolute Gasteiger partial charge is 0.0252 e. The van der Waals surface area contributed by atoms with Crippen LogP contribution < -0.4 is 5.73 Å². The van der Waals surface area contributed by atoms with Gasteiger partial charge in [0.25, 0.3) is 0 Å². The van der Waals surface area contributed by atoms with E-state index in [1.165, 1.54) is 44.9 Å². The highest BCUT2D eigenvalue weighted by molar-refractivity contribution is 4.94. The number of hydrogen-bond acceptors (Lipinski definition) is 2. The van der Waals surface area contributed by atoms with Crippen LogP contribution in [0, 0.1) is 5.41 Å². The monoisotopic (exact) mass is 224 g/mol. The predicted octanol–water partition coefficient (Wildman–Crippen LogP) is 2.77. The minimum atomic E-state index is 0.402. The summed E-state index contributed by atoms with van der Waals surface area (Å²) in [5.74, 6) is 0. The standard InChI is InChI=1S/C14H28N2/c1-14(2)9-8-12(15)13(10-14)16(3)11-6-4-5-7-11/h11-13H,4-10,15H2,1-3H3. The fourth-order valence-electron chi connectivity index (χ4n) is 3.60. The highest BCUT2D eigenvalue weighted by Crippen LogP contribution is 2.38. The fraction of sp³-hybridized carbons (Fsp3) is 1.00. The average Bonchev–Trinajstić information content (AvgIpc) is 2.74. The predicted molar refractivity (Wildman–Crippen MR) is 69.4 cm³/mol. The summed E-state index contributed by atoms with van der Waals surface area (Å²) in [4.78, 5) is 2.61. The Balaban J connectivity index is 2.00. The summed E-state index contributed by atoms with van der Waals surface area (Å²) in [5, 5.41) is 0. The van der Waals surface area contributed by atoms with Gasteiger partial charge in [-0.15, -0.1) is 0 Å². The second kappa shape index (κ2) is 4.66. The Bertz CT molecular complexity index is 231. The van der Waals surface area contributed by atoms with Gasteiger partial charge in [0.15, 0.2) is 0 Å². The van der Waals surface area contributed by atoms with Crippen LogP contribution >= 0.6 is 0 Å². The fourth-order valence-corrected chi connectivity index (χ4v) is 3.60. The molecular formula is C14H28N2. The van der Waals surface area contributed by atoms with Gasteiger partial charge in [-0.3, -0.25) is 4.90 Å². The Labute approximate surface area is 101 Å². The Hall–Kier alpha value is -0.0800. The summed E-state index contributed by atoms with van der Waals surface area (Å²) in [6.07, 6.45) is 9.39. The van der Waals surface area contributed by atoms with Crippen molar-refractivity contribution in [2.75, 3.05) is 7.05 Å². The van der Waals surface area contributed by atoms with Gasteiger partial charge < -0.3 is 5.73 Å². The molecule has 0 spiro atoms. The minimum absolute atomic E-state index is 0.402. The lowest BCUT2D eigenvalue weighted by atomic mass is 9.72. The molecule has 2 rings (SSSR count). The summed E-state index contributed by atoms with van der Waals surface area (Å²) >= 11 is 0. The zero-order valence-corrected chi connectivity index (χ0v) is 11.2. The second-order valence-corrected chi connectivity index (χ2v) is 6.74. The van der Waals surface area contributed by atoms with Crippen molar-refractivity contribution in [2.45, 2.75) is 76.9 Å². The SMILES string of the molecule is CN(C1CCCC1)C1CC(C)(C)CCC1N. The van der Waals surface area contributed by atoms with Gasteiger partial charge in [-0.1, -0.05) is 26.7 Å². The maximum absolute atomic E-state index is 6.33. The van der Waals surface area contributed by atoms with E-state index in [2.05, 4.69) is 25.8 Å². The van der Waals surface area contributed by atoms with E-state index >= 15 is 0 Å². The maximum Gasteiger partial charge on any atom is 0.0252 e. The van der Waals surface area contributed by atoms with Gasteiger partial charge in [0.05, 0.1) is 0 Å². The van der Waals surface area contributed by atoms with Crippen LogP contribution in [0.25, 0.3) is 0 Å². The van der Waals surface area contributed by atoms with Crippen molar-refractivity contribution in [3.8, 4) is 0 Å². The van der Waals surface area contributed by atoms with Crippen molar-refractivity contribution in [3.63, 3.8) is 0 Å². The molecule has 2 aliphatic carbocycles. The van der Waals surface area contributed by atoms with Crippen LogP contribution in [-0.2, 0) is 0 Å². The van der Waals surface area contributed by atoms with E-state index in [4.69, 9.17) is 5.73 Å². The molecule has 94 valence electrons. The Morgan fingerprint density at radius 3 is 2.38 bits per heavy atom. The van der Waals surface area contributed by atoms with Crippen molar-refractivity contribution < 1.29 is 0 Å². The van der Waals surface area contributed by atoms with Crippen molar-refractivity contribution in [2.24, 2.45) is 11.1 Å². The van der Waals surface area contributed by atoms with Crippen LogP contribution in [0.15, 0.2) is 0 Å². The molecule has 2 fully saturated rings. The maximum atomic E-state index is 6.33. The molecule has 2 nitrogen and oxygen atoms in total. The molecule has 0 heterocycles. The topological polar surface area (TPSA) is 29.3 Å². The molecule has 0 radical (unpaired) electrons. The summed E-state index contributed by atoms with van der Waals surface area (Å²) in [6, 6.07) is 1.83. The summed E-state index contributed by atoms with van der Waals surface area (Å²) in [6.45, 7) is 4.79. The number of nitrogens with two attached hydrogens (primary N) is 1. The normalized spacial score (nSPS) is 35.8. The average molecular weight is 224 g/mol. The molecular weight excluding hydrogens is 196 g/mol. The second-order valence-electron chi connectivity index (χ2n) is 6.74. The van der Waals surface area contributed by atoms with Crippen LogP contribution in [0.2, 0.25) is 0 Å². The molecule has 2 N–H and O–H groups in total. The Morgan fingerprint density at radius 2 is 1.75 bits per heavy atom. The van der Waals surface area contributed by atoms with Crippen LogP contribution in [0.5, 0.6) is 0 Å². The van der Waals surface area contributed by atoms with Gasteiger partial charge in [0, 0.05) is 18.1 Å². The van der Waals surface area contributed by atoms with Crippen molar-refractivity contribution in [3.05, 3.63) is 0 Å². The molecule has 2 heteroatoms. The number of hydrogen-bond donors (Lipinski definition) is 1. The molecule has 0 aromatic heterocycles. The third-order valence-corrected chi connectivity index (χ3v) is 4.83. The first-order valence-electron chi connectivity index (χ1n) is 6.97. The van der Waals surface area contributed by atoms with Crippen molar-refractivity contribution in [1.82, 2.24) is 4.90 Å². The summed E-state index contributed by atoms with van der Waals surface area (Å²) < 4.78 is 0. The van der Waals surface area contributed by atoms with E-state index in [1.54, 1.807) is 0 Å². The van der Waals surface area contributed by atoms with E-state index in [0.717, 1.165) is 6.04 Å².